The summed E-state index contributed by atoms with van der Waals surface area (Å²) < 4.78 is 0. The highest BCUT2D eigenvalue weighted by atomic mass is 16.4. The fourth-order valence-electron chi connectivity index (χ4n) is 2.40. The molecule has 126 valence electrons. The van der Waals surface area contributed by atoms with Crippen LogP contribution in [0.3, 0.4) is 0 Å². The van der Waals surface area contributed by atoms with E-state index in [2.05, 4.69) is 5.32 Å². The standard InChI is InChI=1S/C18H19NO5/c1-11-13(8-5-9-15(11)20)17(22)19-14(16(21)18(23)24)10-12-6-3-2-4-7-12/h2-9,14,16,20-21H,10H2,1H3,(H,19,22)(H,23,24). The van der Waals surface area contributed by atoms with Gasteiger partial charge in [0.2, 0.25) is 0 Å². The maximum absolute atomic E-state index is 12.4. The number of aromatic hydroxyl groups is 1. The second-order valence-corrected chi connectivity index (χ2v) is 5.50. The smallest absolute Gasteiger partial charge is 0.334 e. The molecule has 0 saturated carbocycles. The fourth-order valence-corrected chi connectivity index (χ4v) is 2.40. The van der Waals surface area contributed by atoms with Crippen molar-refractivity contribution in [3.05, 3.63) is 65.2 Å². The lowest BCUT2D eigenvalue weighted by atomic mass is 10.00. The van der Waals surface area contributed by atoms with E-state index < -0.39 is 24.0 Å². The summed E-state index contributed by atoms with van der Waals surface area (Å²) >= 11 is 0. The highest BCUT2D eigenvalue weighted by Crippen LogP contribution is 2.20. The summed E-state index contributed by atoms with van der Waals surface area (Å²) in [4.78, 5) is 23.5. The lowest BCUT2D eigenvalue weighted by Gasteiger charge is -2.22. The van der Waals surface area contributed by atoms with Crippen molar-refractivity contribution in [3.8, 4) is 5.75 Å². The van der Waals surface area contributed by atoms with Crippen LogP contribution in [-0.4, -0.2) is 39.3 Å². The number of rotatable bonds is 6. The third-order valence-corrected chi connectivity index (χ3v) is 3.80. The lowest BCUT2D eigenvalue weighted by Crippen LogP contribution is -2.48. The van der Waals surface area contributed by atoms with Crippen molar-refractivity contribution in [2.75, 3.05) is 0 Å². The minimum Gasteiger partial charge on any atom is -0.508 e. The van der Waals surface area contributed by atoms with Gasteiger partial charge in [0, 0.05) is 11.1 Å². The van der Waals surface area contributed by atoms with Gasteiger partial charge in [0.1, 0.15) is 5.75 Å². The van der Waals surface area contributed by atoms with E-state index in [1.54, 1.807) is 31.2 Å². The molecule has 6 heteroatoms. The van der Waals surface area contributed by atoms with Crippen LogP contribution in [0.2, 0.25) is 0 Å². The largest absolute Gasteiger partial charge is 0.508 e. The summed E-state index contributed by atoms with van der Waals surface area (Å²) in [5, 5.41) is 31.2. The Morgan fingerprint density at radius 1 is 1.08 bits per heavy atom. The average molecular weight is 329 g/mol. The van der Waals surface area contributed by atoms with Crippen molar-refractivity contribution < 1.29 is 24.9 Å². The molecule has 0 fully saturated rings. The summed E-state index contributed by atoms with van der Waals surface area (Å²) in [6.07, 6.45) is -1.58. The van der Waals surface area contributed by atoms with Gasteiger partial charge in [-0.3, -0.25) is 4.79 Å². The van der Waals surface area contributed by atoms with E-state index in [9.17, 15) is 19.8 Å². The van der Waals surface area contributed by atoms with Crippen molar-refractivity contribution >= 4 is 11.9 Å². The number of amides is 1. The van der Waals surface area contributed by atoms with Crippen molar-refractivity contribution in [3.63, 3.8) is 0 Å². The molecule has 2 rings (SSSR count). The number of carboxylic acid groups (broad SMARTS) is 1. The zero-order chi connectivity index (χ0) is 17.7. The summed E-state index contributed by atoms with van der Waals surface area (Å²) in [5.41, 5.74) is 1.40. The van der Waals surface area contributed by atoms with Crippen LogP contribution in [0.5, 0.6) is 5.75 Å². The molecular formula is C18H19NO5. The molecule has 2 aromatic rings. The van der Waals surface area contributed by atoms with Crippen LogP contribution >= 0.6 is 0 Å². The number of carbonyl (C=O) groups is 2. The molecule has 0 heterocycles. The van der Waals surface area contributed by atoms with Crippen LogP contribution in [-0.2, 0) is 11.2 Å². The Labute approximate surface area is 139 Å². The SMILES string of the molecule is Cc1c(O)cccc1C(=O)NC(Cc1ccccc1)C(O)C(=O)O. The molecule has 0 radical (unpaired) electrons. The third-order valence-electron chi connectivity index (χ3n) is 3.80. The number of aliphatic carboxylic acids is 1. The summed E-state index contributed by atoms with van der Waals surface area (Å²) in [6, 6.07) is 12.5. The first-order chi connectivity index (χ1) is 11.4. The second kappa shape index (κ2) is 7.61. The van der Waals surface area contributed by atoms with E-state index >= 15 is 0 Å². The molecule has 0 aromatic heterocycles. The van der Waals surface area contributed by atoms with Gasteiger partial charge >= 0.3 is 5.97 Å². The van der Waals surface area contributed by atoms with Gasteiger partial charge in [-0.15, -0.1) is 0 Å². The van der Waals surface area contributed by atoms with E-state index in [0.717, 1.165) is 5.56 Å². The number of nitrogens with one attached hydrogen (secondary N) is 1. The predicted molar refractivity (Wildman–Crippen MR) is 87.9 cm³/mol. The zero-order valence-electron chi connectivity index (χ0n) is 13.1. The Balaban J connectivity index is 2.22. The highest BCUT2D eigenvalue weighted by molar-refractivity contribution is 5.96. The summed E-state index contributed by atoms with van der Waals surface area (Å²) in [5.74, 6) is -1.99. The first-order valence-corrected chi connectivity index (χ1v) is 7.44. The van der Waals surface area contributed by atoms with E-state index in [1.807, 2.05) is 6.07 Å². The molecule has 0 aliphatic carbocycles. The number of aliphatic hydroxyl groups is 1. The number of carbonyl (C=O) groups excluding carboxylic acids is 1. The van der Waals surface area contributed by atoms with Crippen LogP contribution in [0.1, 0.15) is 21.5 Å². The second-order valence-electron chi connectivity index (χ2n) is 5.50. The minimum absolute atomic E-state index is 0.0268. The Kier molecular flexibility index (Phi) is 5.55. The van der Waals surface area contributed by atoms with Crippen LogP contribution in [0.25, 0.3) is 0 Å². The fraction of sp³-hybridized carbons (Fsp3) is 0.222. The topological polar surface area (TPSA) is 107 Å². The summed E-state index contributed by atoms with van der Waals surface area (Å²) in [7, 11) is 0. The lowest BCUT2D eigenvalue weighted by molar-refractivity contribution is -0.148. The van der Waals surface area contributed by atoms with Gasteiger partial charge in [-0.1, -0.05) is 36.4 Å². The average Bonchev–Trinajstić information content (AvgIpc) is 2.56. The van der Waals surface area contributed by atoms with Crippen LogP contribution in [0.4, 0.5) is 0 Å². The molecular weight excluding hydrogens is 310 g/mol. The van der Waals surface area contributed by atoms with Gasteiger partial charge in [0.25, 0.3) is 5.91 Å². The molecule has 6 nitrogen and oxygen atoms in total. The number of phenols is 1. The Morgan fingerprint density at radius 3 is 2.38 bits per heavy atom. The number of hydrogen-bond donors (Lipinski definition) is 4. The number of phenolic OH excluding ortho intramolecular Hbond substituents is 1. The molecule has 2 aromatic carbocycles. The zero-order valence-corrected chi connectivity index (χ0v) is 13.1. The molecule has 0 spiro atoms. The van der Waals surface area contributed by atoms with Gasteiger partial charge in [0.15, 0.2) is 6.10 Å². The van der Waals surface area contributed by atoms with E-state index in [1.165, 1.54) is 18.2 Å². The highest BCUT2D eigenvalue weighted by Gasteiger charge is 2.28. The first kappa shape index (κ1) is 17.5. The summed E-state index contributed by atoms with van der Waals surface area (Å²) in [6.45, 7) is 1.59. The van der Waals surface area contributed by atoms with E-state index in [4.69, 9.17) is 5.11 Å². The number of carboxylic acids is 1. The Morgan fingerprint density at radius 2 is 1.75 bits per heavy atom. The maximum Gasteiger partial charge on any atom is 0.334 e. The quantitative estimate of drug-likeness (QED) is 0.642. The number of aliphatic hydroxyl groups excluding tert-OH is 1. The van der Waals surface area contributed by atoms with Crippen molar-refractivity contribution in [2.45, 2.75) is 25.5 Å². The van der Waals surface area contributed by atoms with Gasteiger partial charge in [-0.05, 0) is 31.0 Å². The molecule has 0 aliphatic rings. The number of hydrogen-bond acceptors (Lipinski definition) is 4. The maximum atomic E-state index is 12.4. The predicted octanol–water partition coefficient (Wildman–Crippen LogP) is 1.49. The van der Waals surface area contributed by atoms with Gasteiger partial charge in [-0.2, -0.15) is 0 Å². The molecule has 0 saturated heterocycles. The minimum atomic E-state index is -1.74. The van der Waals surface area contributed by atoms with Gasteiger partial charge in [-0.25, -0.2) is 4.79 Å². The van der Waals surface area contributed by atoms with Crippen molar-refractivity contribution in [1.82, 2.24) is 5.32 Å². The molecule has 4 N–H and O–H groups in total. The van der Waals surface area contributed by atoms with Crippen molar-refractivity contribution in [1.29, 1.82) is 0 Å². The van der Waals surface area contributed by atoms with Crippen LogP contribution in [0.15, 0.2) is 48.5 Å². The normalized spacial score (nSPS) is 13.1. The molecule has 2 atom stereocenters. The molecule has 24 heavy (non-hydrogen) atoms. The van der Waals surface area contributed by atoms with Crippen molar-refractivity contribution in [2.24, 2.45) is 0 Å². The first-order valence-electron chi connectivity index (χ1n) is 7.44. The molecule has 1 amide bonds. The Hall–Kier alpha value is -2.86. The van der Waals surface area contributed by atoms with E-state index in [0.29, 0.717) is 5.56 Å². The van der Waals surface area contributed by atoms with Gasteiger partial charge < -0.3 is 20.6 Å². The van der Waals surface area contributed by atoms with Gasteiger partial charge in [0.05, 0.1) is 6.04 Å². The molecule has 0 aliphatic heterocycles. The molecule has 0 bridgehead atoms. The third kappa shape index (κ3) is 4.11. The Bertz CT molecular complexity index is 729. The monoisotopic (exact) mass is 329 g/mol. The number of benzene rings is 2. The molecule has 2 unspecified atom stereocenters. The van der Waals surface area contributed by atoms with Crippen LogP contribution < -0.4 is 5.32 Å². The van der Waals surface area contributed by atoms with E-state index in [-0.39, 0.29) is 17.7 Å². The van der Waals surface area contributed by atoms with Crippen LogP contribution in [0, 0.1) is 6.92 Å².